The fraction of sp³-hybridized carbons (Fsp3) is 1.00. The second-order valence-corrected chi connectivity index (χ2v) is 6.93. The van der Waals surface area contributed by atoms with E-state index in [1.54, 1.807) is 13.8 Å². The van der Waals surface area contributed by atoms with Gasteiger partial charge in [-0.2, -0.15) is 0 Å². The zero-order valence-corrected chi connectivity index (χ0v) is 9.04. The Morgan fingerprint density at radius 3 is 2.18 bits per heavy atom. The Hall–Kier alpha value is 0.730. The van der Waals surface area contributed by atoms with Crippen molar-refractivity contribution in [1.29, 1.82) is 0 Å². The molecule has 0 N–H and O–H groups in total. The van der Waals surface area contributed by atoms with Gasteiger partial charge in [0.2, 0.25) is 0 Å². The molecule has 0 bridgehead atoms. The van der Waals surface area contributed by atoms with Gasteiger partial charge in [-0.25, -0.2) is 0 Å². The molecule has 0 spiro atoms. The summed E-state index contributed by atoms with van der Waals surface area (Å²) in [7, 11) is 1.52. The van der Waals surface area contributed by atoms with Crippen molar-refractivity contribution in [3.8, 4) is 0 Å². The van der Waals surface area contributed by atoms with E-state index < -0.39 is 11.7 Å². The summed E-state index contributed by atoms with van der Waals surface area (Å²) in [6.45, 7) is 3.65. The molecule has 6 heteroatoms. The van der Waals surface area contributed by atoms with Crippen molar-refractivity contribution in [2.75, 3.05) is 13.7 Å². The first-order chi connectivity index (χ1) is 4.77. The van der Waals surface area contributed by atoms with Crippen LogP contribution in [0.1, 0.15) is 13.8 Å². The van der Waals surface area contributed by atoms with Crippen LogP contribution in [0.15, 0.2) is 0 Å². The average Bonchev–Trinajstić information content (AvgIpc) is 1.83. The van der Waals surface area contributed by atoms with Crippen LogP contribution < -0.4 is 0 Å². The molecule has 0 aliphatic carbocycles. The van der Waals surface area contributed by atoms with Crippen molar-refractivity contribution in [3.63, 3.8) is 0 Å². The van der Waals surface area contributed by atoms with Crippen molar-refractivity contribution in [2.24, 2.45) is 0 Å². The third kappa shape index (κ3) is 7.10. The number of hydrogen-bond donors (Lipinski definition) is 0. The molecule has 68 valence electrons. The van der Waals surface area contributed by atoms with Gasteiger partial charge >= 0.3 is 6.07 Å². The standard InChI is InChI=1S/C5H11Cl2O3P/c1-5(2,9-3)4-10-11(6,7)8/h4H2,1-3H3. The maximum Gasteiger partial charge on any atom is 0.380 e. The van der Waals surface area contributed by atoms with E-state index >= 15 is 0 Å². The van der Waals surface area contributed by atoms with Gasteiger partial charge in [0.15, 0.2) is 0 Å². The molecule has 0 saturated heterocycles. The molecule has 0 heterocycles. The number of ether oxygens (including phenoxy) is 1. The van der Waals surface area contributed by atoms with Crippen LogP contribution in [-0.2, 0) is 13.8 Å². The zero-order valence-electron chi connectivity index (χ0n) is 6.63. The van der Waals surface area contributed by atoms with Gasteiger partial charge < -0.3 is 9.26 Å². The number of rotatable bonds is 4. The van der Waals surface area contributed by atoms with Gasteiger partial charge in [0.05, 0.1) is 12.2 Å². The summed E-state index contributed by atoms with van der Waals surface area (Å²) in [5.74, 6) is 0. The van der Waals surface area contributed by atoms with Gasteiger partial charge in [-0.3, -0.25) is 4.57 Å². The predicted molar refractivity (Wildman–Crippen MR) is 46.4 cm³/mol. The summed E-state index contributed by atoms with van der Waals surface area (Å²) in [6, 6.07) is 0. The van der Waals surface area contributed by atoms with Crippen LogP contribution in [0.4, 0.5) is 0 Å². The average molecular weight is 221 g/mol. The highest BCUT2D eigenvalue weighted by molar-refractivity contribution is 8.05. The van der Waals surface area contributed by atoms with Crippen LogP contribution in [0.5, 0.6) is 0 Å². The summed E-state index contributed by atoms with van der Waals surface area (Å²) < 4.78 is 20.2. The van der Waals surface area contributed by atoms with Crippen molar-refractivity contribution < 1.29 is 13.8 Å². The zero-order chi connectivity index (χ0) is 9.12. The maximum absolute atomic E-state index is 10.6. The first kappa shape index (κ1) is 11.7. The molecule has 0 amide bonds. The van der Waals surface area contributed by atoms with Gasteiger partial charge in [-0.15, -0.1) is 0 Å². The van der Waals surface area contributed by atoms with Gasteiger partial charge in [0, 0.05) is 7.11 Å². The third-order valence-electron chi connectivity index (χ3n) is 1.12. The molecule has 0 atom stereocenters. The molecule has 0 saturated carbocycles. The summed E-state index contributed by atoms with van der Waals surface area (Å²) in [5, 5.41) is 0. The van der Waals surface area contributed by atoms with E-state index in [0.29, 0.717) is 0 Å². The lowest BCUT2D eigenvalue weighted by molar-refractivity contribution is -0.0123. The highest BCUT2D eigenvalue weighted by Crippen LogP contribution is 2.57. The van der Waals surface area contributed by atoms with Gasteiger partial charge in [0.1, 0.15) is 0 Å². The van der Waals surface area contributed by atoms with Gasteiger partial charge in [-0.05, 0) is 36.3 Å². The summed E-state index contributed by atoms with van der Waals surface area (Å²) >= 11 is 10.3. The molecule has 0 radical (unpaired) electrons. The molecule has 3 nitrogen and oxygen atoms in total. The first-order valence-electron chi connectivity index (χ1n) is 2.96. The second kappa shape index (κ2) is 4.11. The summed E-state index contributed by atoms with van der Waals surface area (Å²) in [6.07, 6.45) is -3.41. The van der Waals surface area contributed by atoms with Crippen LogP contribution in [0.3, 0.4) is 0 Å². The highest BCUT2D eigenvalue weighted by atomic mass is 35.9. The molecular formula is C5H11Cl2O3P. The van der Waals surface area contributed by atoms with Crippen molar-refractivity contribution in [1.82, 2.24) is 0 Å². The lowest BCUT2D eigenvalue weighted by Gasteiger charge is -2.22. The quantitative estimate of drug-likeness (QED) is 0.684. The van der Waals surface area contributed by atoms with Crippen LogP contribution in [-0.4, -0.2) is 19.3 Å². The summed E-state index contributed by atoms with van der Waals surface area (Å²) in [4.78, 5) is 0. The van der Waals surface area contributed by atoms with Crippen LogP contribution >= 0.6 is 28.6 Å². The Morgan fingerprint density at radius 1 is 1.45 bits per heavy atom. The molecule has 0 aromatic rings. The molecule has 0 aromatic carbocycles. The van der Waals surface area contributed by atoms with Crippen LogP contribution in [0.2, 0.25) is 0 Å². The third-order valence-corrected chi connectivity index (χ3v) is 2.13. The van der Waals surface area contributed by atoms with Gasteiger partial charge in [0.25, 0.3) is 0 Å². The van der Waals surface area contributed by atoms with E-state index in [-0.39, 0.29) is 6.61 Å². The minimum absolute atomic E-state index is 0.105. The van der Waals surface area contributed by atoms with Gasteiger partial charge in [-0.1, -0.05) is 0 Å². The second-order valence-electron chi connectivity index (χ2n) is 2.65. The molecule has 0 aliphatic rings. The maximum atomic E-state index is 10.6. The Bertz CT molecular complexity index is 165. The normalized spacial score (nSPS) is 13.5. The monoisotopic (exact) mass is 220 g/mol. The minimum atomic E-state index is -3.41. The van der Waals surface area contributed by atoms with E-state index in [9.17, 15) is 4.57 Å². The van der Waals surface area contributed by atoms with Crippen molar-refractivity contribution in [2.45, 2.75) is 19.4 Å². The molecular weight excluding hydrogens is 210 g/mol. The topological polar surface area (TPSA) is 35.5 Å². The SMILES string of the molecule is COC(C)(C)COP(=O)(Cl)Cl. The molecule has 0 aliphatic heterocycles. The fourth-order valence-electron chi connectivity index (χ4n) is 0.290. The van der Waals surface area contributed by atoms with Crippen molar-refractivity contribution in [3.05, 3.63) is 0 Å². The first-order valence-corrected chi connectivity index (χ1v) is 6.39. The van der Waals surface area contributed by atoms with E-state index in [2.05, 4.69) is 4.52 Å². The van der Waals surface area contributed by atoms with E-state index in [4.69, 9.17) is 27.2 Å². The summed E-state index contributed by atoms with van der Waals surface area (Å²) in [5.41, 5.74) is -0.514. The molecule has 0 unspecified atom stereocenters. The minimum Gasteiger partial charge on any atom is -0.376 e. The molecule has 0 fully saturated rings. The lowest BCUT2D eigenvalue weighted by atomic mass is 10.2. The number of halogens is 2. The Kier molecular flexibility index (Phi) is 4.38. The molecule has 11 heavy (non-hydrogen) atoms. The number of methoxy groups -OCH3 is 1. The lowest BCUT2D eigenvalue weighted by Crippen LogP contribution is -2.27. The largest absolute Gasteiger partial charge is 0.380 e. The number of hydrogen-bond acceptors (Lipinski definition) is 3. The Morgan fingerprint density at radius 2 is 1.91 bits per heavy atom. The smallest absolute Gasteiger partial charge is 0.376 e. The Balaban J connectivity index is 3.80. The van der Waals surface area contributed by atoms with E-state index in [0.717, 1.165) is 0 Å². The van der Waals surface area contributed by atoms with Crippen LogP contribution in [0, 0.1) is 0 Å². The fourth-order valence-corrected chi connectivity index (χ4v) is 1.04. The Labute approximate surface area is 76.0 Å². The highest BCUT2D eigenvalue weighted by Gasteiger charge is 2.23. The molecule has 0 rings (SSSR count). The van der Waals surface area contributed by atoms with E-state index in [1.165, 1.54) is 7.11 Å². The molecule has 0 aromatic heterocycles. The van der Waals surface area contributed by atoms with E-state index in [1.807, 2.05) is 0 Å². The van der Waals surface area contributed by atoms with Crippen molar-refractivity contribution >= 4 is 28.6 Å². The predicted octanol–water partition coefficient (Wildman–Crippen LogP) is 3.01. The van der Waals surface area contributed by atoms with Crippen LogP contribution in [0.25, 0.3) is 0 Å².